The van der Waals surface area contributed by atoms with Crippen molar-refractivity contribution < 1.29 is 9.72 Å². The van der Waals surface area contributed by atoms with Gasteiger partial charge in [0, 0.05) is 25.1 Å². The first-order chi connectivity index (χ1) is 9.61. The Labute approximate surface area is 115 Å². The van der Waals surface area contributed by atoms with Crippen LogP contribution in [-0.4, -0.2) is 23.9 Å². The largest absolute Gasteiger partial charge is 0.378 e. The highest BCUT2D eigenvalue weighted by atomic mass is 16.6. The van der Waals surface area contributed by atoms with Gasteiger partial charge in [0.2, 0.25) is 5.91 Å². The number of anilines is 1. The lowest BCUT2D eigenvalue weighted by Crippen LogP contribution is -2.29. The van der Waals surface area contributed by atoms with Crippen LogP contribution in [0.5, 0.6) is 0 Å². The quantitative estimate of drug-likeness (QED) is 0.463. The van der Waals surface area contributed by atoms with Crippen molar-refractivity contribution in [3.05, 3.63) is 33.9 Å². The zero-order valence-corrected chi connectivity index (χ0v) is 10.8. The van der Waals surface area contributed by atoms with E-state index in [9.17, 15) is 14.9 Å². The van der Waals surface area contributed by atoms with Crippen molar-refractivity contribution in [2.75, 3.05) is 18.4 Å². The predicted octanol–water partition coefficient (Wildman–Crippen LogP) is 1.40. The van der Waals surface area contributed by atoms with E-state index >= 15 is 0 Å². The van der Waals surface area contributed by atoms with Gasteiger partial charge in [0.25, 0.3) is 5.69 Å². The third-order valence-electron chi connectivity index (χ3n) is 3.01. The minimum absolute atomic E-state index is 0.0343. The van der Waals surface area contributed by atoms with Gasteiger partial charge in [-0.2, -0.15) is 5.26 Å². The molecule has 1 saturated carbocycles. The van der Waals surface area contributed by atoms with Crippen LogP contribution < -0.4 is 10.6 Å². The fourth-order valence-corrected chi connectivity index (χ4v) is 1.78. The lowest BCUT2D eigenvalue weighted by molar-refractivity contribution is -0.384. The third-order valence-corrected chi connectivity index (χ3v) is 3.01. The summed E-state index contributed by atoms with van der Waals surface area (Å²) in [6, 6.07) is 6.06. The van der Waals surface area contributed by atoms with Gasteiger partial charge in [-0.25, -0.2) is 0 Å². The summed E-state index contributed by atoms with van der Waals surface area (Å²) in [4.78, 5) is 21.8. The molecule has 0 aliphatic heterocycles. The Hall–Kier alpha value is -2.62. The highest BCUT2D eigenvalue weighted by molar-refractivity contribution is 5.80. The molecule has 0 spiro atoms. The summed E-state index contributed by atoms with van der Waals surface area (Å²) in [7, 11) is 0. The summed E-state index contributed by atoms with van der Waals surface area (Å²) in [5, 5.41) is 25.3. The summed E-state index contributed by atoms with van der Waals surface area (Å²) in [6.45, 7) is 0.761. The lowest BCUT2D eigenvalue weighted by Gasteiger charge is -2.08. The topological polar surface area (TPSA) is 108 Å². The number of benzene rings is 1. The van der Waals surface area contributed by atoms with Gasteiger partial charge in [-0.1, -0.05) is 0 Å². The monoisotopic (exact) mass is 274 g/mol. The SMILES string of the molecule is N#Cc1ccc([N+](=O)[O-])c(NCCNC(=O)C2CC2)c1. The van der Waals surface area contributed by atoms with Crippen molar-refractivity contribution in [1.82, 2.24) is 5.32 Å². The number of amides is 1. The molecule has 0 saturated heterocycles. The van der Waals surface area contributed by atoms with E-state index in [0.717, 1.165) is 12.8 Å². The van der Waals surface area contributed by atoms with Gasteiger partial charge in [0.15, 0.2) is 0 Å². The van der Waals surface area contributed by atoms with Gasteiger partial charge >= 0.3 is 0 Å². The van der Waals surface area contributed by atoms with Crippen LogP contribution >= 0.6 is 0 Å². The smallest absolute Gasteiger partial charge is 0.292 e. The second kappa shape index (κ2) is 6.02. The van der Waals surface area contributed by atoms with Crippen LogP contribution in [0.4, 0.5) is 11.4 Å². The van der Waals surface area contributed by atoms with Gasteiger partial charge < -0.3 is 10.6 Å². The van der Waals surface area contributed by atoms with Crippen LogP contribution in [0.15, 0.2) is 18.2 Å². The molecule has 1 aliphatic carbocycles. The van der Waals surface area contributed by atoms with E-state index in [-0.39, 0.29) is 23.2 Å². The lowest BCUT2D eigenvalue weighted by atomic mass is 10.2. The number of nitro benzene ring substituents is 1. The Balaban J connectivity index is 1.91. The first-order valence-electron chi connectivity index (χ1n) is 6.32. The Bertz CT molecular complexity index is 575. The molecule has 1 aromatic carbocycles. The third kappa shape index (κ3) is 3.45. The van der Waals surface area contributed by atoms with E-state index in [4.69, 9.17) is 5.26 Å². The van der Waals surface area contributed by atoms with E-state index in [1.54, 1.807) is 0 Å². The molecule has 1 aliphatic rings. The molecule has 7 nitrogen and oxygen atoms in total. The molecule has 2 rings (SSSR count). The highest BCUT2D eigenvalue weighted by Gasteiger charge is 2.29. The molecule has 104 valence electrons. The van der Waals surface area contributed by atoms with Crippen molar-refractivity contribution in [3.63, 3.8) is 0 Å². The number of carbonyl (C=O) groups excluding carboxylic acids is 1. The summed E-state index contributed by atoms with van der Waals surface area (Å²) >= 11 is 0. The summed E-state index contributed by atoms with van der Waals surface area (Å²) < 4.78 is 0. The molecular weight excluding hydrogens is 260 g/mol. The summed E-state index contributed by atoms with van der Waals surface area (Å²) in [5.74, 6) is 0.179. The molecule has 0 radical (unpaired) electrons. The van der Waals surface area contributed by atoms with Crippen LogP contribution in [0.1, 0.15) is 18.4 Å². The number of nitrogens with one attached hydrogen (secondary N) is 2. The number of carbonyl (C=O) groups is 1. The number of hydrogen-bond acceptors (Lipinski definition) is 5. The minimum Gasteiger partial charge on any atom is -0.378 e. The van der Waals surface area contributed by atoms with E-state index in [0.29, 0.717) is 18.7 Å². The van der Waals surface area contributed by atoms with E-state index < -0.39 is 4.92 Å². The van der Waals surface area contributed by atoms with Crippen molar-refractivity contribution >= 4 is 17.3 Å². The van der Waals surface area contributed by atoms with Gasteiger partial charge in [0.1, 0.15) is 5.69 Å². The fourth-order valence-electron chi connectivity index (χ4n) is 1.78. The van der Waals surface area contributed by atoms with Crippen molar-refractivity contribution in [2.45, 2.75) is 12.8 Å². The molecule has 0 heterocycles. The molecule has 20 heavy (non-hydrogen) atoms. The standard InChI is InChI=1S/C13H14N4O3/c14-8-9-1-4-12(17(19)20)11(7-9)15-5-6-16-13(18)10-2-3-10/h1,4,7,10,15H,2-3,5-6H2,(H,16,18). The molecule has 0 unspecified atom stereocenters. The number of nitriles is 1. The van der Waals surface area contributed by atoms with Gasteiger partial charge in [0.05, 0.1) is 16.6 Å². The zero-order valence-electron chi connectivity index (χ0n) is 10.8. The second-order valence-corrected chi connectivity index (χ2v) is 4.59. The molecule has 0 atom stereocenters. The maximum atomic E-state index is 11.4. The Morgan fingerprint density at radius 2 is 2.20 bits per heavy atom. The Kier molecular flexibility index (Phi) is 4.15. The number of nitro groups is 1. The number of rotatable bonds is 6. The van der Waals surface area contributed by atoms with Crippen molar-refractivity contribution in [1.29, 1.82) is 5.26 Å². The van der Waals surface area contributed by atoms with Crippen LogP contribution in [-0.2, 0) is 4.79 Å². The van der Waals surface area contributed by atoms with Gasteiger partial charge in [-0.05, 0) is 25.0 Å². The maximum absolute atomic E-state index is 11.4. The molecule has 7 heteroatoms. The normalized spacial score (nSPS) is 13.3. The minimum atomic E-state index is -0.508. The first-order valence-corrected chi connectivity index (χ1v) is 6.32. The van der Waals surface area contributed by atoms with E-state index in [1.807, 2.05) is 6.07 Å². The molecule has 2 N–H and O–H groups in total. The average molecular weight is 274 g/mol. The van der Waals surface area contributed by atoms with E-state index in [2.05, 4.69) is 10.6 Å². The average Bonchev–Trinajstić information content (AvgIpc) is 3.27. The number of hydrogen-bond donors (Lipinski definition) is 2. The molecule has 1 aromatic rings. The van der Waals surface area contributed by atoms with Crippen LogP contribution in [0.2, 0.25) is 0 Å². The molecule has 1 fully saturated rings. The van der Waals surface area contributed by atoms with Crippen molar-refractivity contribution in [2.24, 2.45) is 5.92 Å². The maximum Gasteiger partial charge on any atom is 0.292 e. The Morgan fingerprint density at radius 3 is 2.80 bits per heavy atom. The van der Waals surface area contributed by atoms with Crippen molar-refractivity contribution in [3.8, 4) is 6.07 Å². The second-order valence-electron chi connectivity index (χ2n) is 4.59. The molecule has 1 amide bonds. The molecule has 0 bridgehead atoms. The van der Waals surface area contributed by atoms with Crippen LogP contribution in [0, 0.1) is 27.4 Å². The summed E-state index contributed by atoms with van der Waals surface area (Å²) in [6.07, 6.45) is 1.88. The molecular formula is C13H14N4O3. The van der Waals surface area contributed by atoms with Crippen LogP contribution in [0.3, 0.4) is 0 Å². The van der Waals surface area contributed by atoms with Crippen LogP contribution in [0.25, 0.3) is 0 Å². The number of nitrogens with zero attached hydrogens (tertiary/aromatic N) is 2. The Morgan fingerprint density at radius 1 is 1.45 bits per heavy atom. The predicted molar refractivity (Wildman–Crippen MR) is 72.0 cm³/mol. The van der Waals surface area contributed by atoms with Gasteiger partial charge in [-0.15, -0.1) is 0 Å². The van der Waals surface area contributed by atoms with Gasteiger partial charge in [-0.3, -0.25) is 14.9 Å². The summed E-state index contributed by atoms with van der Waals surface area (Å²) in [5.41, 5.74) is 0.548. The van der Waals surface area contributed by atoms with E-state index in [1.165, 1.54) is 18.2 Å². The highest BCUT2D eigenvalue weighted by Crippen LogP contribution is 2.28. The molecule has 0 aromatic heterocycles. The fraction of sp³-hybridized carbons (Fsp3) is 0.385. The first kappa shape index (κ1) is 13.8. The zero-order chi connectivity index (χ0) is 14.5.